The van der Waals surface area contributed by atoms with Crippen LogP contribution in [0.25, 0.3) is 0 Å². The lowest BCUT2D eigenvalue weighted by atomic mass is 10.1. The summed E-state index contributed by atoms with van der Waals surface area (Å²) in [5.41, 5.74) is 0.516. The van der Waals surface area contributed by atoms with Gasteiger partial charge in [0.2, 0.25) is 0 Å². The summed E-state index contributed by atoms with van der Waals surface area (Å²) >= 11 is 0. The van der Waals surface area contributed by atoms with Crippen molar-refractivity contribution in [2.45, 2.75) is 18.9 Å². The fraction of sp³-hybridized carbons (Fsp3) is 0.500. The Kier molecular flexibility index (Phi) is 5.18. The number of nitrogens with zero attached hydrogens (tertiary/aromatic N) is 2. The van der Waals surface area contributed by atoms with Crippen LogP contribution >= 0.6 is 0 Å². The summed E-state index contributed by atoms with van der Waals surface area (Å²) in [5, 5.41) is 5.95. The Bertz CT molecular complexity index is 512. The Morgan fingerprint density at radius 2 is 2.29 bits per heavy atom. The minimum atomic E-state index is -0.198. The molecule has 0 radical (unpaired) electrons. The molecule has 0 aromatic carbocycles. The second-order valence-corrected chi connectivity index (χ2v) is 5.57. The number of anilines is 1. The predicted octanol–water partition coefficient (Wildman–Crippen LogP) is 1.20. The third-order valence-electron chi connectivity index (χ3n) is 3.70. The number of rotatable bonds is 7. The van der Waals surface area contributed by atoms with Crippen molar-refractivity contribution in [3.05, 3.63) is 23.9 Å². The van der Waals surface area contributed by atoms with E-state index in [4.69, 9.17) is 6.42 Å². The van der Waals surface area contributed by atoms with Crippen LogP contribution < -0.4 is 10.6 Å². The van der Waals surface area contributed by atoms with Crippen molar-refractivity contribution in [2.24, 2.45) is 5.92 Å². The third kappa shape index (κ3) is 4.47. The summed E-state index contributed by atoms with van der Waals surface area (Å²) < 4.78 is 0. The van der Waals surface area contributed by atoms with Crippen LogP contribution in [0.1, 0.15) is 23.2 Å². The summed E-state index contributed by atoms with van der Waals surface area (Å²) in [6.45, 7) is 1.10. The lowest BCUT2D eigenvalue weighted by Gasteiger charge is -2.24. The predicted molar refractivity (Wildman–Crippen MR) is 84.1 cm³/mol. The zero-order chi connectivity index (χ0) is 15.2. The molecule has 1 aromatic heterocycles. The summed E-state index contributed by atoms with van der Waals surface area (Å²) in [7, 11) is 4.22. The molecule has 1 heterocycles. The Balaban J connectivity index is 1.87. The minimum absolute atomic E-state index is 0.198. The number of amides is 1. The van der Waals surface area contributed by atoms with Gasteiger partial charge in [-0.3, -0.25) is 4.79 Å². The van der Waals surface area contributed by atoms with Gasteiger partial charge in [0, 0.05) is 18.8 Å². The number of hydrogen-bond acceptors (Lipinski definition) is 4. The van der Waals surface area contributed by atoms with Crippen molar-refractivity contribution in [3.63, 3.8) is 0 Å². The second-order valence-electron chi connectivity index (χ2n) is 5.57. The van der Waals surface area contributed by atoms with Gasteiger partial charge in [0.15, 0.2) is 0 Å². The quantitative estimate of drug-likeness (QED) is 0.740. The Hall–Kier alpha value is -2.06. The number of carbonyl (C=O) groups is 1. The monoisotopic (exact) mass is 286 g/mol. The van der Waals surface area contributed by atoms with E-state index in [0.29, 0.717) is 11.6 Å². The van der Waals surface area contributed by atoms with Gasteiger partial charge in [0.25, 0.3) is 5.91 Å². The largest absolute Gasteiger partial charge is 0.368 e. The van der Waals surface area contributed by atoms with Gasteiger partial charge in [-0.2, -0.15) is 0 Å². The topological polar surface area (TPSA) is 57.3 Å². The molecule has 1 saturated carbocycles. The van der Waals surface area contributed by atoms with Crippen LogP contribution in [0.3, 0.4) is 0 Å². The first-order valence-electron chi connectivity index (χ1n) is 7.20. The first kappa shape index (κ1) is 15.3. The van der Waals surface area contributed by atoms with Gasteiger partial charge in [-0.05, 0) is 45.0 Å². The van der Waals surface area contributed by atoms with Crippen LogP contribution in [-0.4, -0.2) is 49.0 Å². The van der Waals surface area contributed by atoms with E-state index in [9.17, 15) is 4.79 Å². The molecule has 1 aliphatic rings. The number of pyridine rings is 1. The van der Waals surface area contributed by atoms with E-state index in [1.54, 1.807) is 12.3 Å². The number of terminal acetylenes is 1. The number of nitrogens with one attached hydrogen (secondary N) is 2. The van der Waals surface area contributed by atoms with Crippen LogP contribution in [0.4, 0.5) is 5.82 Å². The van der Waals surface area contributed by atoms with E-state index in [-0.39, 0.29) is 12.5 Å². The second kappa shape index (κ2) is 7.09. The van der Waals surface area contributed by atoms with Crippen LogP contribution in [-0.2, 0) is 0 Å². The van der Waals surface area contributed by atoms with Crippen LogP contribution in [0.2, 0.25) is 0 Å². The molecule has 5 heteroatoms. The summed E-state index contributed by atoms with van der Waals surface area (Å²) in [6, 6.07) is 4.11. The maximum atomic E-state index is 11.7. The number of aromatic nitrogens is 1. The molecule has 1 unspecified atom stereocenters. The van der Waals surface area contributed by atoms with E-state index >= 15 is 0 Å². The van der Waals surface area contributed by atoms with Crippen molar-refractivity contribution in [1.29, 1.82) is 0 Å². The number of hydrogen-bond donors (Lipinski definition) is 2. The van der Waals surface area contributed by atoms with Crippen molar-refractivity contribution in [3.8, 4) is 12.3 Å². The van der Waals surface area contributed by atoms with Gasteiger partial charge in [0.05, 0.1) is 12.1 Å². The lowest BCUT2D eigenvalue weighted by molar-refractivity contribution is 0.0958. The fourth-order valence-electron chi connectivity index (χ4n) is 2.33. The molecule has 5 nitrogen and oxygen atoms in total. The normalized spacial score (nSPS) is 15.3. The van der Waals surface area contributed by atoms with Crippen molar-refractivity contribution in [1.82, 2.24) is 15.2 Å². The van der Waals surface area contributed by atoms with E-state index in [2.05, 4.69) is 40.5 Å². The number of carbonyl (C=O) groups excluding carboxylic acids is 1. The Labute approximate surface area is 126 Å². The van der Waals surface area contributed by atoms with Gasteiger partial charge in [-0.1, -0.05) is 5.92 Å². The molecule has 1 atom stereocenters. The Morgan fingerprint density at radius 1 is 1.52 bits per heavy atom. The molecule has 0 aliphatic heterocycles. The van der Waals surface area contributed by atoms with Crippen LogP contribution in [0.5, 0.6) is 0 Å². The zero-order valence-corrected chi connectivity index (χ0v) is 12.6. The van der Waals surface area contributed by atoms with E-state index < -0.39 is 0 Å². The molecular weight excluding hydrogens is 264 g/mol. The smallest absolute Gasteiger partial charge is 0.253 e. The summed E-state index contributed by atoms with van der Waals surface area (Å²) in [6.07, 6.45) is 9.30. The first-order valence-corrected chi connectivity index (χ1v) is 7.20. The highest BCUT2D eigenvalue weighted by atomic mass is 16.1. The fourth-order valence-corrected chi connectivity index (χ4v) is 2.33. The average molecular weight is 286 g/mol. The molecule has 112 valence electrons. The highest BCUT2D eigenvalue weighted by Gasteiger charge is 2.32. The van der Waals surface area contributed by atoms with Gasteiger partial charge >= 0.3 is 0 Å². The van der Waals surface area contributed by atoms with E-state index in [0.717, 1.165) is 18.3 Å². The third-order valence-corrected chi connectivity index (χ3v) is 3.70. The molecular formula is C16H22N4O. The SMILES string of the molecule is C#CCNC(=O)c1ccc(NCC(C2CC2)N(C)C)nc1. The number of likely N-dealkylation sites (N-methyl/N-ethyl adjacent to an activating group) is 1. The molecule has 1 aromatic rings. The molecule has 21 heavy (non-hydrogen) atoms. The lowest BCUT2D eigenvalue weighted by Crippen LogP contribution is -2.36. The average Bonchev–Trinajstić information content (AvgIpc) is 3.30. The highest BCUT2D eigenvalue weighted by Crippen LogP contribution is 2.34. The standard InChI is InChI=1S/C16H22N4O/c1-4-9-17-16(21)13-7-8-15(18-10-13)19-11-14(20(2)3)12-5-6-12/h1,7-8,10,12,14H,5-6,9,11H2,2-3H3,(H,17,21)(H,18,19). The van der Waals surface area contributed by atoms with E-state index in [1.807, 2.05) is 6.07 Å². The maximum absolute atomic E-state index is 11.7. The van der Waals surface area contributed by atoms with Crippen LogP contribution in [0, 0.1) is 18.3 Å². The highest BCUT2D eigenvalue weighted by molar-refractivity contribution is 5.94. The molecule has 0 spiro atoms. The Morgan fingerprint density at radius 3 is 2.81 bits per heavy atom. The van der Waals surface area contributed by atoms with Gasteiger partial charge in [-0.25, -0.2) is 4.98 Å². The first-order chi connectivity index (χ1) is 10.1. The molecule has 1 fully saturated rings. The minimum Gasteiger partial charge on any atom is -0.368 e. The van der Waals surface area contributed by atoms with Crippen LogP contribution in [0.15, 0.2) is 18.3 Å². The maximum Gasteiger partial charge on any atom is 0.253 e. The molecule has 1 aliphatic carbocycles. The van der Waals surface area contributed by atoms with Gasteiger partial charge < -0.3 is 15.5 Å². The van der Waals surface area contributed by atoms with Crippen molar-refractivity contribution < 1.29 is 4.79 Å². The molecule has 0 saturated heterocycles. The van der Waals surface area contributed by atoms with Crippen molar-refractivity contribution >= 4 is 11.7 Å². The van der Waals surface area contributed by atoms with Crippen molar-refractivity contribution in [2.75, 3.05) is 32.5 Å². The van der Waals surface area contributed by atoms with Gasteiger partial charge in [-0.15, -0.1) is 6.42 Å². The summed E-state index contributed by atoms with van der Waals surface area (Å²) in [5.74, 6) is 3.75. The molecule has 1 amide bonds. The van der Waals surface area contributed by atoms with Gasteiger partial charge in [0.1, 0.15) is 5.82 Å². The van der Waals surface area contributed by atoms with E-state index in [1.165, 1.54) is 12.8 Å². The molecule has 2 rings (SSSR count). The molecule has 2 N–H and O–H groups in total. The summed E-state index contributed by atoms with van der Waals surface area (Å²) in [4.78, 5) is 18.2. The zero-order valence-electron chi connectivity index (χ0n) is 12.6. The molecule has 0 bridgehead atoms.